The van der Waals surface area contributed by atoms with Gasteiger partial charge in [-0.05, 0) is 32.2 Å². The van der Waals surface area contributed by atoms with Crippen LogP contribution in [-0.2, 0) is 6.42 Å². The zero-order valence-electron chi connectivity index (χ0n) is 11.5. The van der Waals surface area contributed by atoms with Crippen molar-refractivity contribution < 1.29 is 4.79 Å². The van der Waals surface area contributed by atoms with Crippen LogP contribution in [0.15, 0.2) is 5.38 Å². The number of hydrogen-bond donors (Lipinski definition) is 2. The van der Waals surface area contributed by atoms with Gasteiger partial charge in [0.2, 0.25) is 0 Å². The highest BCUT2D eigenvalue weighted by Crippen LogP contribution is 2.26. The van der Waals surface area contributed by atoms with Gasteiger partial charge < -0.3 is 11.1 Å². The Kier molecular flexibility index (Phi) is 5.34. The Balaban J connectivity index is 1.88. The lowest BCUT2D eigenvalue weighted by molar-refractivity contribution is 0.0914. The number of nitrogens with two attached hydrogens (primary N) is 1. The smallest absolute Gasteiger partial charge is 0.270 e. The third kappa shape index (κ3) is 4.01. The maximum atomic E-state index is 12.1. The van der Waals surface area contributed by atoms with E-state index in [0.717, 1.165) is 11.4 Å². The monoisotopic (exact) mass is 281 g/mol. The fourth-order valence-electron chi connectivity index (χ4n) is 2.69. The number of thiazole rings is 1. The van der Waals surface area contributed by atoms with Crippen LogP contribution in [0.25, 0.3) is 0 Å². The first-order valence-corrected chi connectivity index (χ1v) is 8.04. The van der Waals surface area contributed by atoms with Gasteiger partial charge >= 0.3 is 0 Å². The Morgan fingerprint density at radius 3 is 2.95 bits per heavy atom. The van der Waals surface area contributed by atoms with E-state index in [1.54, 1.807) is 0 Å². The molecular formula is C14H23N3OS. The highest BCUT2D eigenvalue weighted by Gasteiger charge is 2.22. The predicted octanol–water partition coefficient (Wildman–Crippen LogP) is 2.34. The summed E-state index contributed by atoms with van der Waals surface area (Å²) in [6, 6.07) is 0.243. The van der Waals surface area contributed by atoms with Crippen molar-refractivity contribution in [2.24, 2.45) is 11.7 Å². The zero-order valence-corrected chi connectivity index (χ0v) is 12.3. The topological polar surface area (TPSA) is 68.0 Å². The van der Waals surface area contributed by atoms with Crippen molar-refractivity contribution >= 4 is 17.2 Å². The van der Waals surface area contributed by atoms with Gasteiger partial charge in [0, 0.05) is 17.8 Å². The van der Waals surface area contributed by atoms with Gasteiger partial charge in [-0.3, -0.25) is 4.79 Å². The van der Waals surface area contributed by atoms with E-state index in [1.165, 1.54) is 43.4 Å². The fraction of sp³-hybridized carbons (Fsp3) is 0.714. The van der Waals surface area contributed by atoms with Crippen LogP contribution in [0.3, 0.4) is 0 Å². The molecule has 0 unspecified atom stereocenters. The lowest BCUT2D eigenvalue weighted by atomic mass is 9.84. The molecule has 1 saturated carbocycles. The Hall–Kier alpha value is -0.940. The molecule has 19 heavy (non-hydrogen) atoms. The number of carbonyl (C=O) groups is 1. The third-order valence-electron chi connectivity index (χ3n) is 3.86. The Morgan fingerprint density at radius 2 is 2.26 bits per heavy atom. The van der Waals surface area contributed by atoms with Crippen molar-refractivity contribution in [3.05, 3.63) is 16.1 Å². The second kappa shape index (κ2) is 7.01. The number of nitrogens with one attached hydrogen (secondary N) is 1. The molecule has 1 aliphatic carbocycles. The molecule has 0 radical (unpaired) electrons. The minimum atomic E-state index is -0.0439. The van der Waals surface area contributed by atoms with E-state index in [1.807, 2.05) is 5.38 Å². The average Bonchev–Trinajstić information content (AvgIpc) is 2.89. The first kappa shape index (κ1) is 14.5. The molecule has 1 aromatic heterocycles. The van der Waals surface area contributed by atoms with E-state index < -0.39 is 0 Å². The second-order valence-electron chi connectivity index (χ2n) is 5.33. The molecular weight excluding hydrogens is 258 g/mol. The van der Waals surface area contributed by atoms with Crippen molar-refractivity contribution in [2.45, 2.75) is 51.5 Å². The summed E-state index contributed by atoms with van der Waals surface area (Å²) in [6.45, 7) is 2.69. The molecule has 5 heteroatoms. The summed E-state index contributed by atoms with van der Waals surface area (Å²) in [5.41, 5.74) is 6.03. The number of hydrogen-bond acceptors (Lipinski definition) is 4. The van der Waals surface area contributed by atoms with E-state index in [0.29, 0.717) is 18.2 Å². The van der Waals surface area contributed by atoms with E-state index in [4.69, 9.17) is 5.73 Å². The Morgan fingerprint density at radius 1 is 1.53 bits per heavy atom. The molecule has 4 nitrogen and oxygen atoms in total. The molecule has 0 aromatic carbocycles. The van der Waals surface area contributed by atoms with E-state index in [2.05, 4.69) is 17.2 Å². The average molecular weight is 281 g/mol. The lowest BCUT2D eigenvalue weighted by Crippen LogP contribution is -2.39. The molecule has 0 aliphatic heterocycles. The summed E-state index contributed by atoms with van der Waals surface area (Å²) in [6.07, 6.45) is 7.14. The van der Waals surface area contributed by atoms with Gasteiger partial charge in [-0.2, -0.15) is 0 Å². The standard InChI is InChI=1S/C14H23N3OS/c1-10(11-5-3-2-4-6-11)16-14(18)12-9-19-13(17-12)7-8-15/h9-11H,2-8,15H2,1H3,(H,16,18)/t10-/m0/s1. The zero-order chi connectivity index (χ0) is 13.7. The van der Waals surface area contributed by atoms with Crippen LogP contribution in [0.5, 0.6) is 0 Å². The summed E-state index contributed by atoms with van der Waals surface area (Å²) in [4.78, 5) is 16.4. The third-order valence-corrected chi connectivity index (χ3v) is 4.77. The molecule has 3 N–H and O–H groups in total. The molecule has 0 saturated heterocycles. The number of aromatic nitrogens is 1. The molecule has 1 atom stereocenters. The summed E-state index contributed by atoms with van der Waals surface area (Å²) < 4.78 is 0. The van der Waals surface area contributed by atoms with E-state index >= 15 is 0 Å². The van der Waals surface area contributed by atoms with Gasteiger partial charge in [0.05, 0.1) is 5.01 Å². The fourth-order valence-corrected chi connectivity index (χ4v) is 3.48. The number of rotatable bonds is 5. The quantitative estimate of drug-likeness (QED) is 0.870. The molecule has 0 bridgehead atoms. The molecule has 106 valence electrons. The molecule has 1 heterocycles. The van der Waals surface area contributed by atoms with Gasteiger partial charge in [-0.1, -0.05) is 19.3 Å². The van der Waals surface area contributed by atoms with E-state index in [-0.39, 0.29) is 11.9 Å². The predicted molar refractivity (Wildman–Crippen MR) is 78.4 cm³/mol. The number of amides is 1. The number of carbonyl (C=O) groups excluding carboxylic acids is 1. The summed E-state index contributed by atoms with van der Waals surface area (Å²) >= 11 is 1.51. The Labute approximate surface area is 118 Å². The number of nitrogens with zero attached hydrogens (tertiary/aromatic N) is 1. The molecule has 1 aromatic rings. The van der Waals surface area contributed by atoms with Gasteiger partial charge in [-0.25, -0.2) is 4.98 Å². The summed E-state index contributed by atoms with van der Waals surface area (Å²) in [5, 5.41) is 5.87. The van der Waals surface area contributed by atoms with Crippen molar-refractivity contribution in [3.8, 4) is 0 Å². The van der Waals surface area contributed by atoms with Crippen LogP contribution in [0.1, 0.15) is 54.5 Å². The molecule has 0 spiro atoms. The second-order valence-corrected chi connectivity index (χ2v) is 6.27. The summed E-state index contributed by atoms with van der Waals surface area (Å²) in [5.74, 6) is 0.581. The summed E-state index contributed by atoms with van der Waals surface area (Å²) in [7, 11) is 0. The first-order valence-electron chi connectivity index (χ1n) is 7.16. The van der Waals surface area contributed by atoms with Gasteiger partial charge in [-0.15, -0.1) is 11.3 Å². The Bertz CT molecular complexity index is 413. The molecule has 1 fully saturated rings. The van der Waals surface area contributed by atoms with Gasteiger partial charge in [0.25, 0.3) is 5.91 Å². The first-order chi connectivity index (χ1) is 9.20. The lowest BCUT2D eigenvalue weighted by Gasteiger charge is -2.28. The molecule has 1 amide bonds. The highest BCUT2D eigenvalue weighted by molar-refractivity contribution is 7.09. The van der Waals surface area contributed by atoms with Crippen molar-refractivity contribution in [3.63, 3.8) is 0 Å². The molecule has 1 aliphatic rings. The SMILES string of the molecule is C[C@H](NC(=O)c1csc(CCN)n1)C1CCCCC1. The normalized spacial score (nSPS) is 18.2. The van der Waals surface area contributed by atoms with Crippen LogP contribution >= 0.6 is 11.3 Å². The van der Waals surface area contributed by atoms with E-state index in [9.17, 15) is 4.79 Å². The minimum Gasteiger partial charge on any atom is -0.348 e. The maximum absolute atomic E-state index is 12.1. The van der Waals surface area contributed by atoms with Crippen LogP contribution in [0.2, 0.25) is 0 Å². The largest absolute Gasteiger partial charge is 0.348 e. The minimum absolute atomic E-state index is 0.0439. The van der Waals surface area contributed by atoms with Crippen molar-refractivity contribution in [2.75, 3.05) is 6.54 Å². The van der Waals surface area contributed by atoms with Crippen LogP contribution in [0, 0.1) is 5.92 Å². The van der Waals surface area contributed by atoms with Gasteiger partial charge in [0.15, 0.2) is 0 Å². The maximum Gasteiger partial charge on any atom is 0.270 e. The van der Waals surface area contributed by atoms with Crippen molar-refractivity contribution in [1.29, 1.82) is 0 Å². The van der Waals surface area contributed by atoms with Gasteiger partial charge in [0.1, 0.15) is 5.69 Å². The van der Waals surface area contributed by atoms with Crippen LogP contribution in [0.4, 0.5) is 0 Å². The van der Waals surface area contributed by atoms with Crippen LogP contribution < -0.4 is 11.1 Å². The van der Waals surface area contributed by atoms with Crippen LogP contribution in [-0.4, -0.2) is 23.5 Å². The molecule has 2 rings (SSSR count). The highest BCUT2D eigenvalue weighted by atomic mass is 32.1. The van der Waals surface area contributed by atoms with Crippen molar-refractivity contribution in [1.82, 2.24) is 10.3 Å².